The summed E-state index contributed by atoms with van der Waals surface area (Å²) in [6.07, 6.45) is 4.68. The fourth-order valence-electron chi connectivity index (χ4n) is 3.90. The van der Waals surface area contributed by atoms with Gasteiger partial charge < -0.3 is 15.0 Å². The fraction of sp³-hybridized carbons (Fsp3) is 0.455. The van der Waals surface area contributed by atoms with E-state index in [0.717, 1.165) is 46.8 Å². The van der Waals surface area contributed by atoms with E-state index in [4.69, 9.17) is 14.8 Å². The Labute approximate surface area is 176 Å². The summed E-state index contributed by atoms with van der Waals surface area (Å²) in [4.78, 5) is 8.26. The Morgan fingerprint density at radius 2 is 2.07 bits per heavy atom. The van der Waals surface area contributed by atoms with Crippen molar-refractivity contribution in [3.63, 3.8) is 0 Å². The van der Waals surface area contributed by atoms with Crippen LogP contribution >= 0.6 is 11.3 Å². The van der Waals surface area contributed by atoms with Crippen LogP contribution in [0.15, 0.2) is 36.5 Å². The third kappa shape index (κ3) is 4.97. The van der Waals surface area contributed by atoms with E-state index in [1.54, 1.807) is 18.4 Å². The van der Waals surface area contributed by atoms with Crippen molar-refractivity contribution in [1.29, 1.82) is 0 Å². The maximum Gasteiger partial charge on any atom is 0.183 e. The molecular weight excluding hydrogens is 382 g/mol. The standard InChI is InChI=1S/C22H29N5OS/c1-16-21(20-10-12-27(25-20)15-18-5-4-11-26(2)14-18)29-22(24-16)23-13-17-6-8-19(28-3)9-7-17/h6-10,12,18H,4-5,11,13-15H2,1-3H3,(H,23,24). The maximum absolute atomic E-state index is 5.21. The predicted octanol–water partition coefficient (Wildman–Crippen LogP) is 4.28. The number of hydrogen-bond donors (Lipinski definition) is 1. The zero-order valence-electron chi connectivity index (χ0n) is 17.4. The summed E-state index contributed by atoms with van der Waals surface area (Å²) in [5, 5.41) is 9.20. The Bertz CT molecular complexity index is 933. The van der Waals surface area contributed by atoms with Crippen LogP contribution in [0.3, 0.4) is 0 Å². The predicted molar refractivity (Wildman–Crippen MR) is 119 cm³/mol. The molecule has 0 aliphatic carbocycles. The molecule has 1 N–H and O–H groups in total. The van der Waals surface area contributed by atoms with Gasteiger partial charge in [0.1, 0.15) is 11.4 Å². The summed E-state index contributed by atoms with van der Waals surface area (Å²) >= 11 is 1.67. The lowest BCUT2D eigenvalue weighted by Crippen LogP contribution is -2.34. The van der Waals surface area contributed by atoms with Crippen molar-refractivity contribution in [2.24, 2.45) is 5.92 Å². The lowest BCUT2D eigenvalue weighted by Gasteiger charge is -2.29. The van der Waals surface area contributed by atoms with Crippen molar-refractivity contribution < 1.29 is 4.74 Å². The first-order valence-corrected chi connectivity index (χ1v) is 11.0. The smallest absolute Gasteiger partial charge is 0.183 e. The van der Waals surface area contributed by atoms with E-state index in [2.05, 4.69) is 53.3 Å². The van der Waals surface area contributed by atoms with Crippen molar-refractivity contribution in [3.8, 4) is 16.3 Å². The number of ether oxygens (including phenoxy) is 1. The highest BCUT2D eigenvalue weighted by atomic mass is 32.1. The molecule has 1 aromatic carbocycles. The highest BCUT2D eigenvalue weighted by molar-refractivity contribution is 7.19. The SMILES string of the molecule is COc1ccc(CNc2nc(C)c(-c3ccn(CC4CCCN(C)C4)n3)s2)cc1. The largest absolute Gasteiger partial charge is 0.497 e. The van der Waals surface area contributed by atoms with Gasteiger partial charge in [0.05, 0.1) is 17.7 Å². The molecule has 0 amide bonds. The van der Waals surface area contributed by atoms with Gasteiger partial charge in [0.25, 0.3) is 0 Å². The number of aromatic nitrogens is 3. The quantitative estimate of drug-likeness (QED) is 0.629. The molecule has 29 heavy (non-hydrogen) atoms. The van der Waals surface area contributed by atoms with Gasteiger partial charge in [-0.05, 0) is 63.0 Å². The van der Waals surface area contributed by atoms with Crippen LogP contribution in [0.5, 0.6) is 5.75 Å². The van der Waals surface area contributed by atoms with Crippen LogP contribution in [0, 0.1) is 12.8 Å². The van der Waals surface area contributed by atoms with Crippen LogP contribution in [-0.4, -0.2) is 46.9 Å². The highest BCUT2D eigenvalue weighted by Crippen LogP contribution is 2.32. The van der Waals surface area contributed by atoms with Gasteiger partial charge in [0.15, 0.2) is 5.13 Å². The molecule has 7 heteroatoms. The highest BCUT2D eigenvalue weighted by Gasteiger charge is 2.19. The number of piperidine rings is 1. The van der Waals surface area contributed by atoms with Gasteiger partial charge in [-0.15, -0.1) is 0 Å². The molecule has 3 heterocycles. The first kappa shape index (κ1) is 19.9. The van der Waals surface area contributed by atoms with Gasteiger partial charge in [-0.3, -0.25) is 4.68 Å². The fourth-order valence-corrected chi connectivity index (χ4v) is 4.83. The molecule has 3 aromatic rings. The van der Waals surface area contributed by atoms with E-state index in [1.165, 1.54) is 24.9 Å². The zero-order valence-corrected chi connectivity index (χ0v) is 18.2. The van der Waals surface area contributed by atoms with Crippen LogP contribution in [0.25, 0.3) is 10.6 Å². The van der Waals surface area contributed by atoms with Gasteiger partial charge >= 0.3 is 0 Å². The van der Waals surface area contributed by atoms with Crippen molar-refractivity contribution in [3.05, 3.63) is 47.8 Å². The number of thiazole rings is 1. The Balaban J connectivity index is 1.39. The van der Waals surface area contributed by atoms with E-state index in [9.17, 15) is 0 Å². The molecule has 1 atom stereocenters. The number of benzene rings is 1. The molecular formula is C22H29N5OS. The van der Waals surface area contributed by atoms with Gasteiger partial charge in [0, 0.05) is 25.8 Å². The molecule has 4 rings (SSSR count). The second-order valence-corrected chi connectivity index (χ2v) is 8.83. The van der Waals surface area contributed by atoms with Crippen molar-refractivity contribution in [2.45, 2.75) is 32.9 Å². The first-order valence-electron chi connectivity index (χ1n) is 10.2. The number of rotatable bonds is 7. The Hall–Kier alpha value is -2.38. The maximum atomic E-state index is 5.21. The summed E-state index contributed by atoms with van der Waals surface area (Å²) in [7, 11) is 3.89. The molecule has 6 nitrogen and oxygen atoms in total. The Kier molecular flexibility index (Phi) is 6.16. The average molecular weight is 412 g/mol. The van der Waals surface area contributed by atoms with Crippen LogP contribution in [0.1, 0.15) is 24.1 Å². The second kappa shape index (κ2) is 8.97. The molecule has 0 saturated carbocycles. The minimum absolute atomic E-state index is 0.686. The minimum Gasteiger partial charge on any atom is -0.497 e. The summed E-state index contributed by atoms with van der Waals surface area (Å²) in [5.74, 6) is 1.56. The van der Waals surface area contributed by atoms with Crippen LogP contribution in [0.4, 0.5) is 5.13 Å². The monoisotopic (exact) mass is 411 g/mol. The molecule has 0 bridgehead atoms. The number of aryl methyl sites for hydroxylation is 1. The topological polar surface area (TPSA) is 55.2 Å². The van der Waals surface area contributed by atoms with Crippen LogP contribution in [-0.2, 0) is 13.1 Å². The van der Waals surface area contributed by atoms with E-state index < -0.39 is 0 Å². The van der Waals surface area contributed by atoms with Crippen LogP contribution in [0.2, 0.25) is 0 Å². The van der Waals surface area contributed by atoms with Gasteiger partial charge in [-0.1, -0.05) is 23.5 Å². The molecule has 154 valence electrons. The number of anilines is 1. The Morgan fingerprint density at radius 3 is 2.83 bits per heavy atom. The first-order chi connectivity index (χ1) is 14.1. The van der Waals surface area contributed by atoms with Crippen molar-refractivity contribution in [2.75, 3.05) is 32.6 Å². The van der Waals surface area contributed by atoms with E-state index in [0.29, 0.717) is 5.92 Å². The van der Waals surface area contributed by atoms with Crippen LogP contribution < -0.4 is 10.1 Å². The molecule has 2 aromatic heterocycles. The normalized spacial score (nSPS) is 17.4. The number of likely N-dealkylation sites (tertiary alicyclic amines) is 1. The van der Waals surface area contributed by atoms with Crippen molar-refractivity contribution >= 4 is 16.5 Å². The number of hydrogen-bond acceptors (Lipinski definition) is 6. The molecule has 1 aliphatic heterocycles. The third-order valence-corrected chi connectivity index (χ3v) is 6.58. The van der Waals surface area contributed by atoms with Crippen molar-refractivity contribution in [1.82, 2.24) is 19.7 Å². The summed E-state index contributed by atoms with van der Waals surface area (Å²) < 4.78 is 7.31. The van der Waals surface area contributed by atoms with E-state index >= 15 is 0 Å². The lowest BCUT2D eigenvalue weighted by atomic mass is 9.99. The summed E-state index contributed by atoms with van der Waals surface area (Å²) in [6.45, 7) is 6.16. The summed E-state index contributed by atoms with van der Waals surface area (Å²) in [5.41, 5.74) is 3.23. The Morgan fingerprint density at radius 1 is 1.24 bits per heavy atom. The van der Waals surface area contributed by atoms with Gasteiger partial charge in [-0.2, -0.15) is 5.10 Å². The average Bonchev–Trinajstić information content (AvgIpc) is 3.33. The number of methoxy groups -OCH3 is 1. The second-order valence-electron chi connectivity index (χ2n) is 7.83. The molecule has 1 unspecified atom stereocenters. The lowest BCUT2D eigenvalue weighted by molar-refractivity contribution is 0.191. The molecule has 0 spiro atoms. The number of nitrogens with zero attached hydrogens (tertiary/aromatic N) is 4. The molecule has 1 aliphatic rings. The molecule has 1 saturated heterocycles. The summed E-state index contributed by atoms with van der Waals surface area (Å²) in [6, 6.07) is 10.2. The molecule has 0 radical (unpaired) electrons. The van der Waals surface area contributed by atoms with E-state index in [1.807, 2.05) is 12.1 Å². The molecule has 1 fully saturated rings. The number of nitrogens with one attached hydrogen (secondary N) is 1. The zero-order chi connectivity index (χ0) is 20.2. The van der Waals surface area contributed by atoms with Gasteiger partial charge in [0.2, 0.25) is 0 Å². The van der Waals surface area contributed by atoms with E-state index in [-0.39, 0.29) is 0 Å². The minimum atomic E-state index is 0.686. The third-order valence-electron chi connectivity index (χ3n) is 5.44. The van der Waals surface area contributed by atoms with Gasteiger partial charge in [-0.25, -0.2) is 4.98 Å².